The lowest BCUT2D eigenvalue weighted by molar-refractivity contribution is 0.102. The van der Waals surface area contributed by atoms with Crippen LogP contribution >= 0.6 is 0 Å². The fourth-order valence-electron chi connectivity index (χ4n) is 3.73. The van der Waals surface area contributed by atoms with Gasteiger partial charge in [0.25, 0.3) is 5.91 Å². The Labute approximate surface area is 178 Å². The highest BCUT2D eigenvalue weighted by atomic mass is 16.1. The van der Waals surface area contributed by atoms with Crippen LogP contribution in [0.4, 0.5) is 5.69 Å². The first-order valence-electron chi connectivity index (χ1n) is 10.3. The summed E-state index contributed by atoms with van der Waals surface area (Å²) in [5, 5.41) is 3.12. The Morgan fingerprint density at radius 2 is 1.80 bits per heavy atom. The fourth-order valence-corrected chi connectivity index (χ4v) is 3.73. The maximum Gasteiger partial charge on any atom is 0.257 e. The van der Waals surface area contributed by atoms with E-state index in [1.165, 1.54) is 0 Å². The number of hydrogen-bond acceptors (Lipinski definition) is 4. The Morgan fingerprint density at radius 3 is 2.37 bits per heavy atom. The van der Waals surface area contributed by atoms with E-state index in [9.17, 15) is 4.79 Å². The minimum Gasteiger partial charge on any atom is -0.326 e. The van der Waals surface area contributed by atoms with Crippen molar-refractivity contribution >= 4 is 11.6 Å². The first-order chi connectivity index (χ1) is 14.4. The largest absolute Gasteiger partial charge is 0.326 e. The molecule has 30 heavy (non-hydrogen) atoms. The number of nitrogens with zero attached hydrogens (tertiary/aromatic N) is 1. The lowest BCUT2D eigenvalue weighted by Gasteiger charge is -2.22. The highest BCUT2D eigenvalue weighted by Gasteiger charge is 2.19. The second-order valence-corrected chi connectivity index (χ2v) is 7.97. The first-order valence-corrected chi connectivity index (χ1v) is 10.3. The molecule has 1 aromatic heterocycles. The third kappa shape index (κ3) is 4.75. The van der Waals surface area contributed by atoms with Crippen molar-refractivity contribution in [3.05, 3.63) is 82.7 Å². The molecule has 156 valence electrons. The fraction of sp³-hybridized carbons (Fsp3) is 0.280. The van der Waals surface area contributed by atoms with Crippen molar-refractivity contribution in [2.75, 3.05) is 5.32 Å². The normalized spacial score (nSPS) is 11.0. The van der Waals surface area contributed by atoms with E-state index in [2.05, 4.69) is 42.3 Å². The zero-order valence-corrected chi connectivity index (χ0v) is 17.9. The van der Waals surface area contributed by atoms with E-state index in [0.717, 1.165) is 45.5 Å². The van der Waals surface area contributed by atoms with Crippen LogP contribution in [-0.2, 0) is 19.5 Å². The molecule has 5 N–H and O–H groups in total. The van der Waals surface area contributed by atoms with Crippen LogP contribution in [0, 0.1) is 12.8 Å². The first kappa shape index (κ1) is 21.7. The second-order valence-electron chi connectivity index (χ2n) is 7.97. The van der Waals surface area contributed by atoms with E-state index >= 15 is 0 Å². The van der Waals surface area contributed by atoms with Crippen LogP contribution in [0.1, 0.15) is 46.5 Å². The van der Waals surface area contributed by atoms with Gasteiger partial charge in [-0.3, -0.25) is 9.78 Å². The number of nitrogens with two attached hydrogens (primary N) is 2. The van der Waals surface area contributed by atoms with Gasteiger partial charge < -0.3 is 16.8 Å². The summed E-state index contributed by atoms with van der Waals surface area (Å²) in [7, 11) is 0. The number of aryl methyl sites for hydroxylation is 1. The monoisotopic (exact) mass is 402 g/mol. The molecule has 5 heteroatoms. The van der Waals surface area contributed by atoms with E-state index < -0.39 is 0 Å². The molecule has 0 spiro atoms. The molecule has 3 rings (SSSR count). The summed E-state index contributed by atoms with van der Waals surface area (Å²) >= 11 is 0. The quantitative estimate of drug-likeness (QED) is 0.545. The molecule has 0 saturated carbocycles. The van der Waals surface area contributed by atoms with Crippen LogP contribution in [0.2, 0.25) is 0 Å². The number of amides is 1. The van der Waals surface area contributed by atoms with Crippen LogP contribution in [0.15, 0.2) is 54.9 Å². The van der Waals surface area contributed by atoms with Gasteiger partial charge in [-0.25, -0.2) is 0 Å². The number of carbonyl (C=O) groups is 1. The van der Waals surface area contributed by atoms with Gasteiger partial charge in [-0.2, -0.15) is 0 Å². The Kier molecular flexibility index (Phi) is 6.98. The van der Waals surface area contributed by atoms with E-state index in [0.29, 0.717) is 24.6 Å². The predicted molar refractivity (Wildman–Crippen MR) is 123 cm³/mol. The number of nitrogens with one attached hydrogen (secondary N) is 1. The summed E-state index contributed by atoms with van der Waals surface area (Å²) in [4.78, 5) is 16.9. The molecule has 0 fully saturated rings. The lowest BCUT2D eigenvalue weighted by Crippen LogP contribution is -2.18. The molecule has 3 aromatic rings. The van der Waals surface area contributed by atoms with Gasteiger partial charge in [0.05, 0.1) is 5.56 Å². The van der Waals surface area contributed by atoms with Crippen molar-refractivity contribution in [2.45, 2.75) is 40.3 Å². The maximum atomic E-state index is 12.8. The lowest BCUT2D eigenvalue weighted by atomic mass is 9.87. The maximum absolute atomic E-state index is 12.8. The molecular formula is C25H30N4O. The average Bonchev–Trinajstić information content (AvgIpc) is 2.76. The van der Waals surface area contributed by atoms with Crippen LogP contribution < -0.4 is 16.8 Å². The third-order valence-electron chi connectivity index (χ3n) is 5.23. The third-order valence-corrected chi connectivity index (χ3v) is 5.23. The molecular weight excluding hydrogens is 372 g/mol. The SMILES string of the molecule is Cc1cc(-c2ccc(CN)cc2)c(CN)c(CC(C)C)c1NC(=O)c1cccnc1. The number of benzene rings is 2. The summed E-state index contributed by atoms with van der Waals surface area (Å²) in [6.45, 7) is 7.28. The van der Waals surface area contributed by atoms with Gasteiger partial charge in [-0.15, -0.1) is 0 Å². The molecule has 0 aliphatic heterocycles. The number of hydrogen-bond donors (Lipinski definition) is 3. The van der Waals surface area contributed by atoms with E-state index in [4.69, 9.17) is 11.5 Å². The Bertz CT molecular complexity index is 1010. The molecule has 0 atom stereocenters. The topological polar surface area (TPSA) is 94.0 Å². The average molecular weight is 403 g/mol. The van der Waals surface area contributed by atoms with Gasteiger partial charge in [0.2, 0.25) is 0 Å². The molecule has 0 aliphatic rings. The summed E-state index contributed by atoms with van der Waals surface area (Å²) < 4.78 is 0. The Balaban J connectivity index is 2.11. The van der Waals surface area contributed by atoms with Crippen molar-refractivity contribution in [3.8, 4) is 11.1 Å². The standard InChI is InChI=1S/C25H30N4O/c1-16(2)11-22-23(14-27)21(19-8-6-18(13-26)7-9-19)12-17(3)24(22)29-25(30)20-5-4-10-28-15-20/h4-10,12,15-16H,11,13-14,26-27H2,1-3H3,(H,29,30). The van der Waals surface area contributed by atoms with Crippen LogP contribution in [0.25, 0.3) is 11.1 Å². The van der Waals surface area contributed by atoms with E-state index in [1.807, 2.05) is 19.1 Å². The molecule has 0 saturated heterocycles. The van der Waals surface area contributed by atoms with Gasteiger partial charge in [-0.05, 0) is 70.8 Å². The molecule has 5 nitrogen and oxygen atoms in total. The summed E-state index contributed by atoms with van der Waals surface area (Å²) in [6.07, 6.45) is 4.05. The minimum atomic E-state index is -0.167. The molecule has 1 heterocycles. The van der Waals surface area contributed by atoms with Gasteiger partial charge >= 0.3 is 0 Å². The van der Waals surface area contributed by atoms with Gasteiger partial charge in [0.1, 0.15) is 0 Å². The molecule has 0 unspecified atom stereocenters. The van der Waals surface area contributed by atoms with Crippen molar-refractivity contribution in [3.63, 3.8) is 0 Å². The summed E-state index contributed by atoms with van der Waals surface area (Å²) in [6, 6.07) is 13.9. The zero-order valence-electron chi connectivity index (χ0n) is 17.9. The second kappa shape index (κ2) is 9.65. The van der Waals surface area contributed by atoms with Gasteiger partial charge in [0, 0.05) is 31.2 Å². The van der Waals surface area contributed by atoms with Crippen molar-refractivity contribution in [1.29, 1.82) is 0 Å². The summed E-state index contributed by atoms with van der Waals surface area (Å²) in [5.41, 5.74) is 19.8. The van der Waals surface area contributed by atoms with Crippen molar-refractivity contribution in [2.24, 2.45) is 17.4 Å². The smallest absolute Gasteiger partial charge is 0.257 e. The Hall–Kier alpha value is -3.02. The minimum absolute atomic E-state index is 0.167. The number of pyridine rings is 1. The van der Waals surface area contributed by atoms with Crippen molar-refractivity contribution < 1.29 is 4.79 Å². The predicted octanol–water partition coefficient (Wildman–Crippen LogP) is 4.43. The van der Waals surface area contributed by atoms with Crippen LogP contribution in [-0.4, -0.2) is 10.9 Å². The summed E-state index contributed by atoms with van der Waals surface area (Å²) in [5.74, 6) is 0.248. The zero-order chi connectivity index (χ0) is 21.7. The van der Waals surface area contributed by atoms with Gasteiger partial charge in [-0.1, -0.05) is 38.1 Å². The molecule has 1 amide bonds. The molecule has 0 radical (unpaired) electrons. The van der Waals surface area contributed by atoms with Crippen molar-refractivity contribution in [1.82, 2.24) is 4.98 Å². The highest BCUT2D eigenvalue weighted by molar-refractivity contribution is 6.05. The highest BCUT2D eigenvalue weighted by Crippen LogP contribution is 2.35. The Morgan fingerprint density at radius 1 is 1.07 bits per heavy atom. The number of carbonyl (C=O) groups excluding carboxylic acids is 1. The van der Waals surface area contributed by atoms with E-state index in [1.54, 1.807) is 24.5 Å². The number of anilines is 1. The van der Waals surface area contributed by atoms with Crippen LogP contribution in [0.3, 0.4) is 0 Å². The molecule has 0 aliphatic carbocycles. The molecule has 0 bridgehead atoms. The van der Waals surface area contributed by atoms with E-state index in [-0.39, 0.29) is 5.91 Å². The van der Waals surface area contributed by atoms with Gasteiger partial charge in [0.15, 0.2) is 0 Å². The number of aromatic nitrogens is 1. The molecule has 2 aromatic carbocycles. The number of rotatable bonds is 7. The van der Waals surface area contributed by atoms with Crippen LogP contribution in [0.5, 0.6) is 0 Å².